The van der Waals surface area contributed by atoms with Crippen molar-refractivity contribution in [3.8, 4) is 17.1 Å². The average molecular weight is 470 g/mol. The van der Waals surface area contributed by atoms with Gasteiger partial charge in [-0.05, 0) is 37.1 Å². The Labute approximate surface area is 193 Å². The molecule has 3 aliphatic heterocycles. The molecule has 1 saturated heterocycles. The SMILES string of the molecule is COc1cc(NC(=O)N2c3nc(-c4cccc(C(F)(F)F)c4)ccc3N3CCC2CC3)ncn1. The number of amides is 2. The van der Waals surface area contributed by atoms with Crippen LogP contribution in [-0.2, 0) is 6.18 Å². The van der Waals surface area contributed by atoms with Crippen LogP contribution in [0, 0.1) is 0 Å². The summed E-state index contributed by atoms with van der Waals surface area (Å²) < 4.78 is 44.8. The summed E-state index contributed by atoms with van der Waals surface area (Å²) in [5.74, 6) is 0.985. The Hall–Kier alpha value is -3.89. The van der Waals surface area contributed by atoms with E-state index in [9.17, 15) is 18.0 Å². The van der Waals surface area contributed by atoms with Gasteiger partial charge < -0.3 is 9.64 Å². The van der Waals surface area contributed by atoms with E-state index in [0.29, 0.717) is 23.0 Å². The summed E-state index contributed by atoms with van der Waals surface area (Å²) in [4.78, 5) is 29.8. The van der Waals surface area contributed by atoms with Crippen LogP contribution in [-0.4, -0.2) is 47.2 Å². The molecule has 0 spiro atoms. The van der Waals surface area contributed by atoms with E-state index in [1.807, 2.05) is 6.07 Å². The Bertz CT molecular complexity index is 1230. The highest BCUT2D eigenvalue weighted by Crippen LogP contribution is 2.40. The van der Waals surface area contributed by atoms with Crippen LogP contribution in [0.25, 0.3) is 11.3 Å². The first-order valence-corrected chi connectivity index (χ1v) is 10.7. The highest BCUT2D eigenvalue weighted by molar-refractivity contribution is 6.03. The minimum atomic E-state index is -4.46. The number of rotatable bonds is 3. The number of ether oxygens (including phenoxy) is 1. The van der Waals surface area contributed by atoms with Crippen LogP contribution in [0.4, 0.5) is 35.3 Å². The summed E-state index contributed by atoms with van der Waals surface area (Å²) in [6.07, 6.45) is -1.69. The maximum absolute atomic E-state index is 13.4. The van der Waals surface area contributed by atoms with Crippen molar-refractivity contribution in [1.82, 2.24) is 15.0 Å². The lowest BCUT2D eigenvalue weighted by Crippen LogP contribution is -2.46. The number of alkyl halides is 3. The zero-order chi connectivity index (χ0) is 23.9. The summed E-state index contributed by atoms with van der Waals surface area (Å²) in [5.41, 5.74) is 0.697. The molecule has 1 N–H and O–H groups in total. The Morgan fingerprint density at radius 1 is 1.12 bits per heavy atom. The second kappa shape index (κ2) is 8.47. The van der Waals surface area contributed by atoms with Gasteiger partial charge in [0.05, 0.1) is 24.1 Å². The Balaban J connectivity index is 1.54. The summed E-state index contributed by atoms with van der Waals surface area (Å²) in [7, 11) is 1.46. The van der Waals surface area contributed by atoms with E-state index in [-0.39, 0.29) is 11.9 Å². The molecular weight excluding hydrogens is 449 g/mol. The topological polar surface area (TPSA) is 83.5 Å². The molecule has 8 nitrogen and oxygen atoms in total. The van der Waals surface area contributed by atoms with Gasteiger partial charge in [-0.2, -0.15) is 13.2 Å². The van der Waals surface area contributed by atoms with Gasteiger partial charge in [-0.25, -0.2) is 19.7 Å². The van der Waals surface area contributed by atoms with Crippen molar-refractivity contribution in [3.63, 3.8) is 0 Å². The van der Waals surface area contributed by atoms with E-state index in [2.05, 4.69) is 25.2 Å². The standard InChI is InChI=1S/C23H21F3N6O2/c1-34-20-12-19(27-13-28-20)30-22(33)32-16-7-9-31(10-8-16)18-6-5-17(29-21(18)32)14-3-2-4-15(11-14)23(24,25)26/h2-6,11-13,16H,7-10H2,1H3,(H,27,28,30,33). The number of halogens is 3. The molecule has 0 radical (unpaired) electrons. The van der Waals surface area contributed by atoms with Gasteiger partial charge in [0.1, 0.15) is 12.1 Å². The summed E-state index contributed by atoms with van der Waals surface area (Å²) >= 11 is 0. The van der Waals surface area contributed by atoms with Crippen LogP contribution in [0.1, 0.15) is 18.4 Å². The van der Waals surface area contributed by atoms with Gasteiger partial charge in [0.2, 0.25) is 5.88 Å². The van der Waals surface area contributed by atoms with Crippen molar-refractivity contribution in [2.45, 2.75) is 25.1 Å². The number of carbonyl (C=O) groups excluding carboxylic acids is 1. The van der Waals surface area contributed by atoms with Gasteiger partial charge in [-0.15, -0.1) is 0 Å². The number of nitrogens with zero attached hydrogens (tertiary/aromatic N) is 5. The minimum absolute atomic E-state index is 0.106. The molecule has 1 fully saturated rings. The van der Waals surface area contributed by atoms with Crippen LogP contribution in [0.15, 0.2) is 48.8 Å². The van der Waals surface area contributed by atoms with Crippen LogP contribution in [0.3, 0.4) is 0 Å². The number of carbonyl (C=O) groups is 1. The maximum Gasteiger partial charge on any atom is 0.416 e. The van der Waals surface area contributed by atoms with E-state index < -0.39 is 17.8 Å². The van der Waals surface area contributed by atoms with Crippen LogP contribution >= 0.6 is 0 Å². The Morgan fingerprint density at radius 3 is 2.65 bits per heavy atom. The zero-order valence-electron chi connectivity index (χ0n) is 18.2. The molecule has 2 amide bonds. The van der Waals surface area contributed by atoms with Crippen molar-refractivity contribution in [1.29, 1.82) is 0 Å². The number of methoxy groups -OCH3 is 1. The Morgan fingerprint density at radius 2 is 1.91 bits per heavy atom. The number of hydrogen-bond acceptors (Lipinski definition) is 6. The molecule has 0 aliphatic carbocycles. The molecule has 0 saturated carbocycles. The number of benzene rings is 1. The number of hydrogen-bond donors (Lipinski definition) is 1. The predicted molar refractivity (Wildman–Crippen MR) is 120 cm³/mol. The van der Waals surface area contributed by atoms with Crippen LogP contribution in [0.5, 0.6) is 5.88 Å². The van der Waals surface area contributed by atoms with Gasteiger partial charge in [0, 0.05) is 30.8 Å². The Kier molecular flexibility index (Phi) is 5.46. The van der Waals surface area contributed by atoms with E-state index in [1.165, 1.54) is 25.6 Å². The molecule has 176 valence electrons. The lowest BCUT2D eigenvalue weighted by Gasteiger charge is -2.31. The fraction of sp³-hybridized carbons (Fsp3) is 0.304. The first-order chi connectivity index (χ1) is 16.3. The van der Waals surface area contributed by atoms with Gasteiger partial charge in [-0.1, -0.05) is 12.1 Å². The van der Waals surface area contributed by atoms with E-state index in [1.54, 1.807) is 17.0 Å². The molecule has 6 rings (SSSR count). The number of anilines is 3. The molecule has 1 aromatic carbocycles. The highest BCUT2D eigenvalue weighted by Gasteiger charge is 2.37. The fourth-order valence-electron chi connectivity index (χ4n) is 4.37. The minimum Gasteiger partial charge on any atom is -0.481 e. The van der Waals surface area contributed by atoms with Gasteiger partial charge in [-0.3, -0.25) is 10.2 Å². The van der Waals surface area contributed by atoms with Gasteiger partial charge in [0.25, 0.3) is 0 Å². The molecule has 0 atom stereocenters. The fourth-order valence-corrected chi connectivity index (χ4v) is 4.37. The summed E-state index contributed by atoms with van der Waals surface area (Å²) in [5, 5.41) is 2.77. The molecule has 0 unspecified atom stereocenters. The average Bonchev–Trinajstić information content (AvgIpc) is 3.09. The number of nitrogens with one attached hydrogen (secondary N) is 1. The van der Waals surface area contributed by atoms with E-state index in [0.717, 1.165) is 43.8 Å². The van der Waals surface area contributed by atoms with E-state index in [4.69, 9.17) is 4.74 Å². The largest absolute Gasteiger partial charge is 0.481 e. The number of urea groups is 1. The molecule has 5 heterocycles. The third-order valence-electron chi connectivity index (χ3n) is 6.04. The van der Waals surface area contributed by atoms with Crippen molar-refractivity contribution >= 4 is 23.4 Å². The second-order valence-electron chi connectivity index (χ2n) is 8.08. The van der Waals surface area contributed by atoms with Crippen molar-refractivity contribution < 1.29 is 22.7 Å². The molecule has 11 heteroatoms. The molecule has 3 aliphatic rings. The van der Waals surface area contributed by atoms with Crippen molar-refractivity contribution in [3.05, 3.63) is 54.4 Å². The lowest BCUT2D eigenvalue weighted by molar-refractivity contribution is -0.137. The second-order valence-corrected chi connectivity index (χ2v) is 8.08. The van der Waals surface area contributed by atoms with Gasteiger partial charge >= 0.3 is 12.2 Å². The maximum atomic E-state index is 13.4. The molecule has 34 heavy (non-hydrogen) atoms. The quantitative estimate of drug-likeness (QED) is 0.603. The summed E-state index contributed by atoms with van der Waals surface area (Å²) in [6, 6.07) is 9.50. The third-order valence-corrected chi connectivity index (χ3v) is 6.04. The first kappa shape index (κ1) is 21.9. The van der Waals surface area contributed by atoms with Crippen LogP contribution in [0.2, 0.25) is 0 Å². The van der Waals surface area contributed by atoms with Crippen LogP contribution < -0.4 is 19.9 Å². The molecule has 2 bridgehead atoms. The van der Waals surface area contributed by atoms with E-state index >= 15 is 0 Å². The molecular formula is C23H21F3N6O2. The highest BCUT2D eigenvalue weighted by atomic mass is 19.4. The smallest absolute Gasteiger partial charge is 0.416 e. The molecule has 2 aromatic heterocycles. The number of aromatic nitrogens is 3. The third kappa shape index (κ3) is 4.09. The normalized spacial score (nSPS) is 15.6. The molecule has 3 aromatic rings. The zero-order valence-corrected chi connectivity index (χ0v) is 18.2. The monoisotopic (exact) mass is 470 g/mol. The first-order valence-electron chi connectivity index (χ1n) is 10.7. The lowest BCUT2D eigenvalue weighted by atomic mass is 10.1. The predicted octanol–water partition coefficient (Wildman–Crippen LogP) is 4.59. The summed E-state index contributed by atoms with van der Waals surface area (Å²) in [6.45, 7) is 1.51. The van der Waals surface area contributed by atoms with Gasteiger partial charge in [0.15, 0.2) is 5.82 Å². The number of piperidine rings is 1. The van der Waals surface area contributed by atoms with Crippen molar-refractivity contribution in [2.24, 2.45) is 0 Å². The number of fused-ring (bicyclic) bond motifs is 2. The number of pyridine rings is 1. The van der Waals surface area contributed by atoms with Crippen molar-refractivity contribution in [2.75, 3.05) is 35.3 Å².